The lowest BCUT2D eigenvalue weighted by Gasteiger charge is -2.34. The average molecular weight is 443 g/mol. The summed E-state index contributed by atoms with van der Waals surface area (Å²) >= 11 is 0. The van der Waals surface area contributed by atoms with E-state index >= 15 is 0 Å². The van der Waals surface area contributed by atoms with Crippen LogP contribution in [0.25, 0.3) is 0 Å². The maximum atomic E-state index is 6.45. The fourth-order valence-corrected chi connectivity index (χ4v) is 3.94. The number of ether oxygens (including phenoxy) is 3. The second-order valence-electron chi connectivity index (χ2n) is 8.41. The van der Waals surface area contributed by atoms with Gasteiger partial charge in [-0.3, -0.25) is 0 Å². The maximum Gasteiger partial charge on any atom is 0.112 e. The summed E-state index contributed by atoms with van der Waals surface area (Å²) in [6.07, 6.45) is 20.8. The first-order valence-corrected chi connectivity index (χ1v) is 12.5. The van der Waals surface area contributed by atoms with E-state index in [1.54, 1.807) is 0 Å². The molecule has 0 amide bonds. The Balaban J connectivity index is 0.00000249. The zero-order valence-corrected chi connectivity index (χ0v) is 21.4. The van der Waals surface area contributed by atoms with E-state index in [0.29, 0.717) is 37.6 Å². The third-order valence-corrected chi connectivity index (χ3v) is 5.43. The fraction of sp³-hybridized carbons (Fsp3) is 0.586. The zero-order chi connectivity index (χ0) is 23.8. The minimum Gasteiger partial charge on any atom is -0.492 e. The van der Waals surface area contributed by atoms with Crippen molar-refractivity contribution >= 4 is 0 Å². The molecule has 0 N–H and O–H groups in total. The van der Waals surface area contributed by atoms with E-state index < -0.39 is 0 Å². The second kappa shape index (κ2) is 16.7. The summed E-state index contributed by atoms with van der Waals surface area (Å²) in [5, 5.41) is 0. The van der Waals surface area contributed by atoms with Gasteiger partial charge in [-0.05, 0) is 62.2 Å². The molecule has 0 saturated carbocycles. The van der Waals surface area contributed by atoms with Gasteiger partial charge in [-0.25, -0.2) is 0 Å². The van der Waals surface area contributed by atoms with Gasteiger partial charge in [-0.2, -0.15) is 0 Å². The lowest BCUT2D eigenvalue weighted by molar-refractivity contribution is -0.0494. The molecule has 0 aromatic rings. The Labute approximate surface area is 197 Å². The Kier molecular flexibility index (Phi) is 14.8. The summed E-state index contributed by atoms with van der Waals surface area (Å²) in [5.74, 6) is 1.37. The minimum absolute atomic E-state index is 0.162. The lowest BCUT2D eigenvalue weighted by atomic mass is 9.88. The van der Waals surface area contributed by atoms with Crippen LogP contribution >= 0.6 is 0 Å². The van der Waals surface area contributed by atoms with Crippen molar-refractivity contribution in [2.24, 2.45) is 5.92 Å². The van der Waals surface area contributed by atoms with Crippen molar-refractivity contribution in [2.75, 3.05) is 19.8 Å². The molecule has 1 saturated heterocycles. The predicted octanol–water partition coefficient (Wildman–Crippen LogP) is 7.88. The molecule has 1 unspecified atom stereocenters. The lowest BCUT2D eigenvalue weighted by Crippen LogP contribution is -2.32. The minimum atomic E-state index is 0.162. The molecule has 1 fully saturated rings. The summed E-state index contributed by atoms with van der Waals surface area (Å²) in [5.41, 5.74) is 3.74. The largest absolute Gasteiger partial charge is 0.492 e. The van der Waals surface area contributed by atoms with Crippen molar-refractivity contribution in [3.05, 3.63) is 71.6 Å². The molecular weight excluding hydrogens is 396 g/mol. The van der Waals surface area contributed by atoms with Crippen molar-refractivity contribution < 1.29 is 14.2 Å². The standard InChI is InChI=1S/C27H40O3.C2H6/c1-6-8-9-12-25(27-19-22(4)18-26(7-2)30-27)17-21(3)16-24-11-10-13-28-14-15-29-23(5)20-24;1-2/h8-12,17,20,22,26-27H,5-7,13-16,18-19H2,1-4H3;1-2H3/b9-8+,11-10-,21-17+,24-20+,25-12+;/t22?,26-,27-;/m1./s1. The molecule has 2 aliphatic rings. The molecule has 3 heteroatoms. The molecule has 0 aromatic heterocycles. The zero-order valence-electron chi connectivity index (χ0n) is 21.4. The van der Waals surface area contributed by atoms with Crippen molar-refractivity contribution in [2.45, 2.75) is 85.9 Å². The Morgan fingerprint density at radius 1 is 1.19 bits per heavy atom. The van der Waals surface area contributed by atoms with E-state index in [4.69, 9.17) is 14.2 Å². The second-order valence-corrected chi connectivity index (χ2v) is 8.41. The first-order chi connectivity index (χ1) is 15.5. The van der Waals surface area contributed by atoms with Crippen LogP contribution < -0.4 is 0 Å². The van der Waals surface area contributed by atoms with Crippen molar-refractivity contribution in [3.63, 3.8) is 0 Å². The van der Waals surface area contributed by atoms with Gasteiger partial charge in [0.05, 0.1) is 25.4 Å². The maximum absolute atomic E-state index is 6.45. The molecule has 32 heavy (non-hydrogen) atoms. The van der Waals surface area contributed by atoms with Crippen molar-refractivity contribution in [3.8, 4) is 0 Å². The molecule has 3 nitrogen and oxygen atoms in total. The summed E-state index contributed by atoms with van der Waals surface area (Å²) in [7, 11) is 0. The molecule has 180 valence electrons. The normalized spacial score (nSPS) is 28.2. The highest BCUT2D eigenvalue weighted by molar-refractivity contribution is 5.36. The quantitative estimate of drug-likeness (QED) is 0.375. The molecule has 2 aliphatic heterocycles. The number of hydrogen-bond acceptors (Lipinski definition) is 3. The molecule has 2 rings (SSSR count). The molecule has 0 aliphatic carbocycles. The smallest absolute Gasteiger partial charge is 0.112 e. The predicted molar refractivity (Wildman–Crippen MR) is 138 cm³/mol. The summed E-state index contributed by atoms with van der Waals surface area (Å²) < 4.78 is 17.6. The third-order valence-electron chi connectivity index (χ3n) is 5.43. The molecule has 0 aromatic carbocycles. The Morgan fingerprint density at radius 2 is 1.97 bits per heavy atom. The van der Waals surface area contributed by atoms with Crippen molar-refractivity contribution in [1.82, 2.24) is 0 Å². The van der Waals surface area contributed by atoms with Crippen LogP contribution in [0.5, 0.6) is 0 Å². The first kappa shape index (κ1) is 28.2. The van der Waals surface area contributed by atoms with Crippen LogP contribution in [0, 0.1) is 5.92 Å². The van der Waals surface area contributed by atoms with Gasteiger partial charge in [0.1, 0.15) is 12.4 Å². The highest BCUT2D eigenvalue weighted by atomic mass is 16.5. The molecule has 0 radical (unpaired) electrons. The summed E-state index contributed by atoms with van der Waals surface area (Å²) in [6, 6.07) is 0. The van der Waals surface area contributed by atoms with E-state index in [2.05, 4.69) is 70.7 Å². The molecule has 2 heterocycles. The Morgan fingerprint density at radius 3 is 2.69 bits per heavy atom. The molecule has 3 atom stereocenters. The highest BCUT2D eigenvalue weighted by Gasteiger charge is 2.27. The van der Waals surface area contributed by atoms with Crippen LogP contribution in [-0.4, -0.2) is 32.0 Å². The van der Waals surface area contributed by atoms with E-state index in [-0.39, 0.29) is 6.10 Å². The topological polar surface area (TPSA) is 27.7 Å². The fourth-order valence-electron chi connectivity index (χ4n) is 3.94. The Hall–Kier alpha value is -1.84. The van der Waals surface area contributed by atoms with Gasteiger partial charge in [0.25, 0.3) is 0 Å². The Bertz CT molecular complexity index is 693. The monoisotopic (exact) mass is 442 g/mol. The number of hydrogen-bond donors (Lipinski definition) is 0. The van der Waals surface area contributed by atoms with E-state index in [0.717, 1.165) is 32.1 Å². The number of rotatable bonds is 7. The van der Waals surface area contributed by atoms with Crippen molar-refractivity contribution in [1.29, 1.82) is 0 Å². The van der Waals surface area contributed by atoms with Gasteiger partial charge < -0.3 is 14.2 Å². The van der Waals surface area contributed by atoms with Gasteiger partial charge in [-0.1, -0.05) is 83.2 Å². The molecular formula is C29H46O3. The van der Waals surface area contributed by atoms with Gasteiger partial charge in [0.15, 0.2) is 0 Å². The van der Waals surface area contributed by atoms with Crippen LogP contribution in [0.2, 0.25) is 0 Å². The van der Waals surface area contributed by atoms with Crippen LogP contribution in [0.1, 0.15) is 73.6 Å². The first-order valence-electron chi connectivity index (χ1n) is 12.5. The molecule has 0 spiro atoms. The van der Waals surface area contributed by atoms with Gasteiger partial charge in [0.2, 0.25) is 0 Å². The van der Waals surface area contributed by atoms with E-state index in [1.807, 2.05) is 19.9 Å². The summed E-state index contributed by atoms with van der Waals surface area (Å²) in [4.78, 5) is 0. The van der Waals surface area contributed by atoms with Crippen LogP contribution in [0.4, 0.5) is 0 Å². The van der Waals surface area contributed by atoms with Gasteiger partial charge >= 0.3 is 0 Å². The van der Waals surface area contributed by atoms with Crippen LogP contribution in [0.15, 0.2) is 71.6 Å². The number of allylic oxidation sites excluding steroid dienone is 7. The molecule has 0 bridgehead atoms. The van der Waals surface area contributed by atoms with Crippen LogP contribution in [-0.2, 0) is 14.2 Å². The van der Waals surface area contributed by atoms with Gasteiger partial charge in [-0.15, -0.1) is 0 Å². The van der Waals surface area contributed by atoms with E-state index in [9.17, 15) is 0 Å². The average Bonchev–Trinajstić information content (AvgIpc) is 2.78. The van der Waals surface area contributed by atoms with E-state index in [1.165, 1.54) is 16.7 Å². The summed E-state index contributed by atoms with van der Waals surface area (Å²) in [6.45, 7) is 18.7. The van der Waals surface area contributed by atoms with Gasteiger partial charge in [0, 0.05) is 0 Å². The third kappa shape index (κ3) is 11.2. The SMILES string of the molecule is C=C1/C=C(C/C(C)=C/C(=C\C=C\CC)[C@H]2CC(C)C[C@@H](CC)O2)\C=C/COCCO1.CC. The highest BCUT2D eigenvalue weighted by Crippen LogP contribution is 2.31. The van der Waals surface area contributed by atoms with Crippen LogP contribution in [0.3, 0.4) is 0 Å².